The molecule has 102 valence electrons. The lowest BCUT2D eigenvalue weighted by molar-refractivity contribution is 0.724. The summed E-state index contributed by atoms with van der Waals surface area (Å²) in [7, 11) is 0. The molecule has 0 aliphatic heterocycles. The summed E-state index contributed by atoms with van der Waals surface area (Å²) in [6.45, 7) is 10.8. The summed E-state index contributed by atoms with van der Waals surface area (Å²) >= 11 is 6.03. The molecular weight excluding hydrogens is 256 g/mol. The van der Waals surface area contributed by atoms with E-state index in [1.54, 1.807) is 0 Å². The first-order valence-corrected chi connectivity index (χ1v) is 7.20. The van der Waals surface area contributed by atoms with Crippen molar-refractivity contribution in [3.8, 4) is 5.69 Å². The maximum atomic E-state index is 6.03. The zero-order valence-corrected chi connectivity index (χ0v) is 13.0. The van der Waals surface area contributed by atoms with E-state index in [-0.39, 0.29) is 0 Å². The van der Waals surface area contributed by atoms with Gasteiger partial charge in [0.05, 0.1) is 23.5 Å². The van der Waals surface area contributed by atoms with Crippen LogP contribution in [0.3, 0.4) is 0 Å². The average Bonchev–Trinajstić information content (AvgIpc) is 2.71. The zero-order chi connectivity index (χ0) is 14.2. The van der Waals surface area contributed by atoms with Gasteiger partial charge in [0.2, 0.25) is 0 Å². The number of hydrogen-bond acceptors (Lipinski definition) is 1. The summed E-state index contributed by atoms with van der Waals surface area (Å²) < 4.78 is 2.06. The Kier molecular flexibility index (Phi) is 4.00. The van der Waals surface area contributed by atoms with Crippen LogP contribution >= 0.6 is 11.6 Å². The number of aryl methyl sites for hydroxylation is 3. The van der Waals surface area contributed by atoms with Crippen LogP contribution in [0.2, 0.25) is 0 Å². The average molecular weight is 277 g/mol. The number of aromatic nitrogens is 2. The zero-order valence-electron chi connectivity index (χ0n) is 12.3. The Morgan fingerprint density at radius 1 is 1.16 bits per heavy atom. The van der Waals surface area contributed by atoms with Crippen LogP contribution in [-0.2, 0) is 5.88 Å². The van der Waals surface area contributed by atoms with Crippen molar-refractivity contribution in [2.75, 3.05) is 0 Å². The first-order chi connectivity index (χ1) is 8.95. The maximum Gasteiger partial charge on any atom is 0.0707 e. The standard InChI is InChI=1S/C16H21ClN2/c1-10(2)15-14(8-17)9-18-19(15)16-12(4)6-11(3)7-13(16)5/h6-7,9-10H,8H2,1-5H3. The highest BCUT2D eigenvalue weighted by molar-refractivity contribution is 6.17. The van der Waals surface area contributed by atoms with Gasteiger partial charge in [-0.25, -0.2) is 4.68 Å². The van der Waals surface area contributed by atoms with Gasteiger partial charge in [0, 0.05) is 5.56 Å². The highest BCUT2D eigenvalue weighted by atomic mass is 35.5. The molecule has 0 saturated carbocycles. The Hall–Kier alpha value is -1.28. The fourth-order valence-electron chi connectivity index (χ4n) is 2.79. The topological polar surface area (TPSA) is 17.8 Å². The Balaban J connectivity index is 2.69. The van der Waals surface area contributed by atoms with E-state index >= 15 is 0 Å². The molecular formula is C16H21ClN2. The molecule has 0 N–H and O–H groups in total. The largest absolute Gasteiger partial charge is 0.237 e. The van der Waals surface area contributed by atoms with E-state index < -0.39 is 0 Å². The van der Waals surface area contributed by atoms with Crippen molar-refractivity contribution in [1.29, 1.82) is 0 Å². The van der Waals surface area contributed by atoms with Crippen molar-refractivity contribution in [3.05, 3.63) is 46.3 Å². The van der Waals surface area contributed by atoms with Crippen LogP contribution in [0.1, 0.15) is 47.7 Å². The molecule has 2 aromatic rings. The number of alkyl halides is 1. The van der Waals surface area contributed by atoms with Gasteiger partial charge in [-0.3, -0.25) is 0 Å². The molecule has 19 heavy (non-hydrogen) atoms. The first-order valence-electron chi connectivity index (χ1n) is 6.66. The smallest absolute Gasteiger partial charge is 0.0707 e. The predicted octanol–water partition coefficient (Wildman–Crippen LogP) is 4.66. The second-order valence-corrected chi connectivity index (χ2v) is 5.77. The minimum Gasteiger partial charge on any atom is -0.237 e. The van der Waals surface area contributed by atoms with Crippen LogP contribution in [0.15, 0.2) is 18.3 Å². The monoisotopic (exact) mass is 276 g/mol. The SMILES string of the molecule is Cc1cc(C)c(-n2ncc(CCl)c2C(C)C)c(C)c1. The highest BCUT2D eigenvalue weighted by Crippen LogP contribution is 2.28. The third kappa shape index (κ3) is 2.55. The summed E-state index contributed by atoms with van der Waals surface area (Å²) in [6, 6.07) is 4.41. The highest BCUT2D eigenvalue weighted by Gasteiger charge is 2.17. The Labute approximate surface area is 120 Å². The molecule has 0 atom stereocenters. The lowest BCUT2D eigenvalue weighted by Crippen LogP contribution is -2.08. The van der Waals surface area contributed by atoms with E-state index in [0.717, 1.165) is 5.56 Å². The van der Waals surface area contributed by atoms with Gasteiger partial charge < -0.3 is 0 Å². The number of rotatable bonds is 3. The molecule has 0 aliphatic carbocycles. The predicted molar refractivity (Wildman–Crippen MR) is 81.4 cm³/mol. The van der Waals surface area contributed by atoms with Crippen LogP contribution in [0.5, 0.6) is 0 Å². The van der Waals surface area contributed by atoms with Crippen LogP contribution in [0.25, 0.3) is 5.69 Å². The maximum absolute atomic E-state index is 6.03. The van der Waals surface area contributed by atoms with Crippen molar-refractivity contribution in [2.24, 2.45) is 0 Å². The van der Waals surface area contributed by atoms with Gasteiger partial charge in [-0.05, 0) is 37.8 Å². The Bertz CT molecular complexity index is 574. The van der Waals surface area contributed by atoms with Crippen LogP contribution in [0.4, 0.5) is 0 Å². The third-order valence-electron chi connectivity index (χ3n) is 3.42. The normalized spacial score (nSPS) is 11.3. The van der Waals surface area contributed by atoms with E-state index in [1.807, 2.05) is 6.20 Å². The van der Waals surface area contributed by atoms with Crippen molar-refractivity contribution < 1.29 is 0 Å². The minimum atomic E-state index is 0.399. The van der Waals surface area contributed by atoms with Gasteiger partial charge in [-0.15, -0.1) is 11.6 Å². The lowest BCUT2D eigenvalue weighted by Gasteiger charge is -2.17. The van der Waals surface area contributed by atoms with Gasteiger partial charge in [-0.2, -0.15) is 5.10 Å². The van der Waals surface area contributed by atoms with E-state index in [1.165, 1.54) is 28.1 Å². The van der Waals surface area contributed by atoms with Gasteiger partial charge in [-0.1, -0.05) is 31.5 Å². The molecule has 0 aliphatic rings. The molecule has 0 fully saturated rings. The number of benzene rings is 1. The van der Waals surface area contributed by atoms with Crippen LogP contribution in [0, 0.1) is 20.8 Å². The molecule has 1 aromatic heterocycles. The molecule has 0 saturated heterocycles. The van der Waals surface area contributed by atoms with Crippen LogP contribution in [-0.4, -0.2) is 9.78 Å². The molecule has 0 unspecified atom stereocenters. The van der Waals surface area contributed by atoms with Gasteiger partial charge >= 0.3 is 0 Å². The second kappa shape index (κ2) is 5.38. The van der Waals surface area contributed by atoms with Crippen LogP contribution < -0.4 is 0 Å². The van der Waals surface area contributed by atoms with Crippen molar-refractivity contribution in [1.82, 2.24) is 9.78 Å². The molecule has 1 aromatic carbocycles. The Morgan fingerprint density at radius 2 is 1.74 bits per heavy atom. The van der Waals surface area contributed by atoms with E-state index in [0.29, 0.717) is 11.8 Å². The molecule has 1 heterocycles. The molecule has 0 spiro atoms. The summed E-state index contributed by atoms with van der Waals surface area (Å²) in [5.74, 6) is 0.911. The molecule has 2 nitrogen and oxygen atoms in total. The van der Waals surface area contributed by atoms with Gasteiger partial charge in [0.15, 0.2) is 0 Å². The summed E-state index contributed by atoms with van der Waals surface area (Å²) in [6.07, 6.45) is 1.89. The number of hydrogen-bond donors (Lipinski definition) is 0. The molecule has 0 amide bonds. The van der Waals surface area contributed by atoms with E-state index in [2.05, 4.69) is 56.5 Å². The first kappa shape index (κ1) is 14.1. The number of halogens is 1. The molecule has 0 bridgehead atoms. The van der Waals surface area contributed by atoms with Crippen molar-refractivity contribution in [3.63, 3.8) is 0 Å². The third-order valence-corrected chi connectivity index (χ3v) is 3.71. The number of nitrogens with zero attached hydrogens (tertiary/aromatic N) is 2. The lowest BCUT2D eigenvalue weighted by atomic mass is 10.0. The van der Waals surface area contributed by atoms with Crippen molar-refractivity contribution in [2.45, 2.75) is 46.4 Å². The quantitative estimate of drug-likeness (QED) is 0.746. The van der Waals surface area contributed by atoms with E-state index in [9.17, 15) is 0 Å². The second-order valence-electron chi connectivity index (χ2n) is 5.50. The molecule has 2 rings (SSSR count). The fraction of sp³-hybridized carbons (Fsp3) is 0.438. The summed E-state index contributed by atoms with van der Waals surface area (Å²) in [5, 5.41) is 4.56. The molecule has 0 radical (unpaired) electrons. The summed E-state index contributed by atoms with van der Waals surface area (Å²) in [5.41, 5.74) is 7.31. The summed E-state index contributed by atoms with van der Waals surface area (Å²) in [4.78, 5) is 0. The minimum absolute atomic E-state index is 0.399. The molecule has 3 heteroatoms. The van der Waals surface area contributed by atoms with Gasteiger partial charge in [0.25, 0.3) is 0 Å². The van der Waals surface area contributed by atoms with E-state index in [4.69, 9.17) is 11.6 Å². The Morgan fingerprint density at radius 3 is 2.21 bits per heavy atom. The van der Waals surface area contributed by atoms with Crippen molar-refractivity contribution >= 4 is 11.6 Å². The van der Waals surface area contributed by atoms with Gasteiger partial charge in [0.1, 0.15) is 0 Å². The fourth-order valence-corrected chi connectivity index (χ4v) is 3.00.